The number of benzene rings is 2. The average Bonchev–Trinajstić information content (AvgIpc) is 2.40. The number of anilines is 1. The number of hydrogen-bond acceptors (Lipinski definition) is 2. The Kier molecular flexibility index (Phi) is 4.63. The first-order chi connectivity index (χ1) is 9.85. The van der Waals surface area contributed by atoms with E-state index in [1.54, 1.807) is 18.2 Å². The Morgan fingerprint density at radius 1 is 1.05 bits per heavy atom. The lowest BCUT2D eigenvalue weighted by Crippen LogP contribution is -2.17. The molecular formula is C15H13ClF3NO. The highest BCUT2D eigenvalue weighted by molar-refractivity contribution is 6.33. The zero-order valence-electron chi connectivity index (χ0n) is 11.1. The molecule has 0 radical (unpaired) electrons. The van der Waals surface area contributed by atoms with E-state index in [1.807, 2.05) is 25.1 Å². The fourth-order valence-electron chi connectivity index (χ4n) is 1.85. The monoisotopic (exact) mass is 315 g/mol. The van der Waals surface area contributed by atoms with E-state index in [1.165, 1.54) is 12.1 Å². The van der Waals surface area contributed by atoms with Crippen molar-refractivity contribution in [3.05, 3.63) is 59.1 Å². The lowest BCUT2D eigenvalue weighted by molar-refractivity contribution is -0.274. The molecule has 0 aromatic heterocycles. The van der Waals surface area contributed by atoms with E-state index in [0.29, 0.717) is 5.02 Å². The molecule has 0 aliphatic rings. The van der Waals surface area contributed by atoms with Crippen LogP contribution >= 0.6 is 11.6 Å². The van der Waals surface area contributed by atoms with Gasteiger partial charge in [0.2, 0.25) is 0 Å². The van der Waals surface area contributed by atoms with E-state index in [9.17, 15) is 13.2 Å². The van der Waals surface area contributed by atoms with Crippen LogP contribution in [0.5, 0.6) is 5.75 Å². The Bertz CT molecular complexity index is 599. The second-order valence-corrected chi connectivity index (χ2v) is 4.87. The van der Waals surface area contributed by atoms with Gasteiger partial charge in [0, 0.05) is 6.04 Å². The van der Waals surface area contributed by atoms with Crippen LogP contribution in [0.25, 0.3) is 0 Å². The number of nitrogens with one attached hydrogen (secondary N) is 1. The number of ether oxygens (including phenoxy) is 1. The van der Waals surface area contributed by atoms with Crippen LogP contribution in [0.1, 0.15) is 18.5 Å². The molecule has 2 rings (SSSR count). The molecule has 1 unspecified atom stereocenters. The van der Waals surface area contributed by atoms with Crippen LogP contribution < -0.4 is 10.1 Å². The maximum absolute atomic E-state index is 12.1. The van der Waals surface area contributed by atoms with Gasteiger partial charge in [-0.2, -0.15) is 0 Å². The Morgan fingerprint density at radius 3 is 2.24 bits per heavy atom. The summed E-state index contributed by atoms with van der Waals surface area (Å²) in [7, 11) is 0. The second kappa shape index (κ2) is 6.26. The van der Waals surface area contributed by atoms with Crippen LogP contribution in [0, 0.1) is 0 Å². The highest BCUT2D eigenvalue weighted by atomic mass is 35.5. The van der Waals surface area contributed by atoms with E-state index < -0.39 is 6.36 Å². The molecule has 112 valence electrons. The van der Waals surface area contributed by atoms with Gasteiger partial charge in [0.1, 0.15) is 5.75 Å². The van der Waals surface area contributed by atoms with Crippen molar-refractivity contribution in [1.82, 2.24) is 0 Å². The minimum absolute atomic E-state index is 0.107. The molecule has 0 saturated heterocycles. The van der Waals surface area contributed by atoms with Crippen molar-refractivity contribution in [1.29, 1.82) is 0 Å². The lowest BCUT2D eigenvalue weighted by atomic mass is 10.1. The zero-order chi connectivity index (χ0) is 15.5. The molecule has 0 bridgehead atoms. The van der Waals surface area contributed by atoms with E-state index in [4.69, 9.17) is 11.6 Å². The Labute approximate surface area is 125 Å². The van der Waals surface area contributed by atoms with Gasteiger partial charge in [0.05, 0.1) is 10.7 Å². The molecule has 1 atom stereocenters. The number of halogens is 4. The van der Waals surface area contributed by atoms with Crippen LogP contribution in [-0.4, -0.2) is 6.36 Å². The summed E-state index contributed by atoms with van der Waals surface area (Å²) < 4.78 is 40.1. The molecule has 0 aliphatic carbocycles. The standard InChI is InChI=1S/C15H13ClF3NO/c1-10(20-14-5-3-2-4-13(14)16)11-6-8-12(9-7-11)21-15(17,18)19/h2-10,20H,1H3. The molecule has 0 saturated carbocycles. The van der Waals surface area contributed by atoms with Gasteiger partial charge >= 0.3 is 6.36 Å². The van der Waals surface area contributed by atoms with Crippen molar-refractivity contribution in [2.24, 2.45) is 0 Å². The Morgan fingerprint density at radius 2 is 1.67 bits per heavy atom. The van der Waals surface area contributed by atoms with Crippen LogP contribution in [0.4, 0.5) is 18.9 Å². The third-order valence-electron chi connectivity index (χ3n) is 2.86. The van der Waals surface area contributed by atoms with Crippen molar-refractivity contribution in [3.8, 4) is 5.75 Å². The van der Waals surface area contributed by atoms with Crippen LogP contribution in [0.2, 0.25) is 5.02 Å². The smallest absolute Gasteiger partial charge is 0.406 e. The molecule has 1 N–H and O–H groups in total. The molecule has 2 nitrogen and oxygen atoms in total. The summed E-state index contributed by atoms with van der Waals surface area (Å²) in [5.74, 6) is -0.240. The van der Waals surface area contributed by atoms with E-state index in [2.05, 4.69) is 10.1 Å². The first kappa shape index (κ1) is 15.5. The topological polar surface area (TPSA) is 21.3 Å². The van der Waals surface area contributed by atoms with E-state index in [-0.39, 0.29) is 11.8 Å². The van der Waals surface area contributed by atoms with Gasteiger partial charge in [-0.3, -0.25) is 0 Å². The van der Waals surface area contributed by atoms with Gasteiger partial charge in [-0.25, -0.2) is 0 Å². The SMILES string of the molecule is CC(Nc1ccccc1Cl)c1ccc(OC(F)(F)F)cc1. The third kappa shape index (κ3) is 4.56. The van der Waals surface area contributed by atoms with Crippen molar-refractivity contribution in [3.63, 3.8) is 0 Å². The summed E-state index contributed by atoms with van der Waals surface area (Å²) in [5.41, 5.74) is 1.59. The first-order valence-electron chi connectivity index (χ1n) is 6.22. The second-order valence-electron chi connectivity index (χ2n) is 4.46. The van der Waals surface area contributed by atoms with Crippen LogP contribution in [0.3, 0.4) is 0 Å². The number of alkyl halides is 3. The summed E-state index contributed by atoms with van der Waals surface area (Å²) in [6.07, 6.45) is -4.68. The molecule has 2 aromatic rings. The molecular weight excluding hydrogens is 303 g/mol. The molecule has 2 aromatic carbocycles. The molecule has 0 aliphatic heterocycles. The molecule has 0 spiro atoms. The van der Waals surface area contributed by atoms with Crippen molar-refractivity contribution < 1.29 is 17.9 Å². The predicted octanol–water partition coefficient (Wildman–Crippen LogP) is 5.41. The highest BCUT2D eigenvalue weighted by Crippen LogP contribution is 2.28. The number of hydrogen-bond donors (Lipinski definition) is 1. The molecule has 21 heavy (non-hydrogen) atoms. The van der Waals surface area contributed by atoms with Crippen LogP contribution in [-0.2, 0) is 0 Å². The zero-order valence-corrected chi connectivity index (χ0v) is 11.9. The first-order valence-corrected chi connectivity index (χ1v) is 6.60. The molecule has 6 heteroatoms. The fraction of sp³-hybridized carbons (Fsp3) is 0.200. The summed E-state index contributed by atoms with van der Waals surface area (Å²) in [5, 5.41) is 3.78. The molecule has 0 fully saturated rings. The van der Waals surface area contributed by atoms with Gasteiger partial charge in [-0.05, 0) is 36.8 Å². The van der Waals surface area contributed by atoms with Crippen molar-refractivity contribution >= 4 is 17.3 Å². The maximum Gasteiger partial charge on any atom is 0.573 e. The predicted molar refractivity (Wildman–Crippen MR) is 76.6 cm³/mol. The quantitative estimate of drug-likeness (QED) is 0.814. The van der Waals surface area contributed by atoms with Gasteiger partial charge in [-0.15, -0.1) is 13.2 Å². The molecule has 0 heterocycles. The number of rotatable bonds is 4. The lowest BCUT2D eigenvalue weighted by Gasteiger charge is -2.17. The third-order valence-corrected chi connectivity index (χ3v) is 3.19. The number of para-hydroxylation sites is 1. The van der Waals surface area contributed by atoms with Gasteiger partial charge in [-0.1, -0.05) is 35.9 Å². The van der Waals surface area contributed by atoms with Crippen molar-refractivity contribution in [2.75, 3.05) is 5.32 Å². The summed E-state index contributed by atoms with van der Waals surface area (Å²) in [4.78, 5) is 0. The van der Waals surface area contributed by atoms with Gasteiger partial charge < -0.3 is 10.1 Å². The van der Waals surface area contributed by atoms with E-state index >= 15 is 0 Å². The average molecular weight is 316 g/mol. The maximum atomic E-state index is 12.1. The Hall–Kier alpha value is -1.88. The molecule has 0 amide bonds. The fourth-order valence-corrected chi connectivity index (χ4v) is 2.04. The van der Waals surface area contributed by atoms with E-state index in [0.717, 1.165) is 11.3 Å². The summed E-state index contributed by atoms with van der Waals surface area (Å²) in [6, 6.07) is 12.9. The minimum Gasteiger partial charge on any atom is -0.406 e. The summed E-state index contributed by atoms with van der Waals surface area (Å²) >= 11 is 6.05. The normalized spacial score (nSPS) is 12.8. The Balaban J connectivity index is 2.06. The van der Waals surface area contributed by atoms with Gasteiger partial charge in [0.15, 0.2) is 0 Å². The highest BCUT2D eigenvalue weighted by Gasteiger charge is 2.31. The summed E-state index contributed by atoms with van der Waals surface area (Å²) in [6.45, 7) is 1.89. The minimum atomic E-state index is -4.68. The van der Waals surface area contributed by atoms with Crippen molar-refractivity contribution in [2.45, 2.75) is 19.3 Å². The van der Waals surface area contributed by atoms with Crippen LogP contribution in [0.15, 0.2) is 48.5 Å². The van der Waals surface area contributed by atoms with Gasteiger partial charge in [0.25, 0.3) is 0 Å². The largest absolute Gasteiger partial charge is 0.573 e.